The van der Waals surface area contributed by atoms with E-state index in [1.165, 1.54) is 12.1 Å². The van der Waals surface area contributed by atoms with E-state index in [-0.39, 0.29) is 11.7 Å². The lowest BCUT2D eigenvalue weighted by Gasteiger charge is -2.36. The Balaban J connectivity index is 1.56. The molecule has 1 saturated heterocycles. The predicted molar refractivity (Wildman–Crippen MR) is 90.2 cm³/mol. The number of amides is 1. The third-order valence-corrected chi connectivity index (χ3v) is 4.75. The number of hydrogen-bond acceptors (Lipinski definition) is 3. The van der Waals surface area contributed by atoms with Gasteiger partial charge in [-0.15, -0.1) is 0 Å². The quantitative estimate of drug-likeness (QED) is 0.783. The normalized spacial score (nSPS) is 15.2. The first-order valence-corrected chi connectivity index (χ1v) is 8.17. The molecule has 0 radical (unpaired) electrons. The number of aromatic amines is 1. The van der Waals surface area contributed by atoms with Crippen molar-refractivity contribution in [3.8, 4) is 0 Å². The van der Waals surface area contributed by atoms with Crippen molar-refractivity contribution in [1.82, 2.24) is 15.1 Å². The summed E-state index contributed by atoms with van der Waals surface area (Å²) in [5.41, 5.74) is 1.86. The van der Waals surface area contributed by atoms with Gasteiger partial charge in [-0.05, 0) is 46.9 Å². The number of rotatable bonds is 3. The van der Waals surface area contributed by atoms with Crippen LogP contribution in [-0.2, 0) is 11.2 Å². The molecule has 2 aromatic rings. The maximum Gasteiger partial charge on any atom is 0.228 e. The highest BCUT2D eigenvalue weighted by molar-refractivity contribution is 14.1. The molecule has 0 bridgehead atoms. The standard InChI is InChI=1S/C15H16FIN4O/c16-11-1-3-12(4-2-11)20-5-7-21(8-6-20)15(22)9-14-13(17)10-18-19-14/h1-4,10H,5-9H2,(H,18,19). The predicted octanol–water partition coefficient (Wildman–Crippen LogP) is 2.04. The lowest BCUT2D eigenvalue weighted by atomic mass is 10.2. The molecule has 1 amide bonds. The zero-order chi connectivity index (χ0) is 15.5. The minimum atomic E-state index is -0.230. The Morgan fingerprint density at radius 2 is 1.91 bits per heavy atom. The fraction of sp³-hybridized carbons (Fsp3) is 0.333. The average molecular weight is 414 g/mol. The Bertz CT molecular complexity index is 650. The molecule has 0 aliphatic carbocycles. The van der Waals surface area contributed by atoms with Crippen molar-refractivity contribution in [2.24, 2.45) is 0 Å². The van der Waals surface area contributed by atoms with E-state index in [0.29, 0.717) is 19.5 Å². The minimum Gasteiger partial charge on any atom is -0.368 e. The first kappa shape index (κ1) is 15.3. The molecule has 7 heteroatoms. The molecule has 1 fully saturated rings. The Labute approximate surface area is 141 Å². The third-order valence-electron chi connectivity index (χ3n) is 3.82. The van der Waals surface area contributed by atoms with Gasteiger partial charge >= 0.3 is 0 Å². The van der Waals surface area contributed by atoms with Gasteiger partial charge in [-0.25, -0.2) is 4.39 Å². The SMILES string of the molecule is O=C(Cc1[nH]ncc1I)N1CCN(c2ccc(F)cc2)CC1. The van der Waals surface area contributed by atoms with Gasteiger partial charge < -0.3 is 9.80 Å². The number of anilines is 1. The molecule has 1 aliphatic rings. The van der Waals surface area contributed by atoms with Gasteiger partial charge in [0.2, 0.25) is 5.91 Å². The number of benzene rings is 1. The minimum absolute atomic E-state index is 0.112. The van der Waals surface area contributed by atoms with E-state index >= 15 is 0 Å². The topological polar surface area (TPSA) is 52.2 Å². The van der Waals surface area contributed by atoms with Crippen LogP contribution in [0.2, 0.25) is 0 Å². The largest absolute Gasteiger partial charge is 0.368 e. The molecule has 1 aliphatic heterocycles. The molecule has 1 aromatic carbocycles. The highest BCUT2D eigenvalue weighted by Crippen LogP contribution is 2.17. The van der Waals surface area contributed by atoms with Crippen molar-refractivity contribution in [2.75, 3.05) is 31.1 Å². The average Bonchev–Trinajstić information content (AvgIpc) is 2.93. The van der Waals surface area contributed by atoms with E-state index in [1.54, 1.807) is 18.3 Å². The van der Waals surface area contributed by atoms with Crippen LogP contribution in [0.5, 0.6) is 0 Å². The Kier molecular flexibility index (Phi) is 4.60. The summed E-state index contributed by atoms with van der Waals surface area (Å²) in [5.74, 6) is -0.118. The Morgan fingerprint density at radius 1 is 1.23 bits per heavy atom. The third kappa shape index (κ3) is 3.40. The summed E-state index contributed by atoms with van der Waals surface area (Å²) in [7, 11) is 0. The van der Waals surface area contributed by atoms with Crippen molar-refractivity contribution in [1.29, 1.82) is 0 Å². The Morgan fingerprint density at radius 3 is 2.50 bits per heavy atom. The summed E-state index contributed by atoms with van der Waals surface area (Å²) >= 11 is 2.17. The molecular weight excluding hydrogens is 398 g/mol. The molecule has 0 saturated carbocycles. The van der Waals surface area contributed by atoms with Crippen LogP contribution in [-0.4, -0.2) is 47.2 Å². The van der Waals surface area contributed by atoms with Crippen LogP contribution in [0, 0.1) is 9.39 Å². The van der Waals surface area contributed by atoms with Gasteiger partial charge in [-0.3, -0.25) is 9.89 Å². The highest BCUT2D eigenvalue weighted by atomic mass is 127. The number of carbonyl (C=O) groups excluding carboxylic acids is 1. The molecule has 0 unspecified atom stereocenters. The number of halogens is 2. The van der Waals surface area contributed by atoms with E-state index in [4.69, 9.17) is 0 Å². The monoisotopic (exact) mass is 414 g/mol. The number of piperazine rings is 1. The van der Waals surface area contributed by atoms with Crippen molar-refractivity contribution < 1.29 is 9.18 Å². The van der Waals surface area contributed by atoms with Crippen LogP contribution in [0.25, 0.3) is 0 Å². The lowest BCUT2D eigenvalue weighted by molar-refractivity contribution is -0.130. The zero-order valence-corrected chi connectivity index (χ0v) is 14.1. The molecule has 22 heavy (non-hydrogen) atoms. The van der Waals surface area contributed by atoms with Gasteiger partial charge in [0, 0.05) is 31.9 Å². The van der Waals surface area contributed by atoms with Crippen LogP contribution in [0.1, 0.15) is 5.69 Å². The fourth-order valence-corrected chi connectivity index (χ4v) is 3.00. The highest BCUT2D eigenvalue weighted by Gasteiger charge is 2.22. The van der Waals surface area contributed by atoms with Crippen molar-refractivity contribution in [3.05, 3.63) is 45.5 Å². The summed E-state index contributed by atoms with van der Waals surface area (Å²) in [6.07, 6.45) is 2.07. The number of H-pyrrole nitrogens is 1. The van der Waals surface area contributed by atoms with Crippen LogP contribution in [0.4, 0.5) is 10.1 Å². The summed E-state index contributed by atoms with van der Waals surface area (Å²) in [6.45, 7) is 2.89. The Hall–Kier alpha value is -1.64. The lowest BCUT2D eigenvalue weighted by Crippen LogP contribution is -2.49. The maximum absolute atomic E-state index is 13.0. The first-order valence-electron chi connectivity index (χ1n) is 7.09. The summed E-state index contributed by atoms with van der Waals surface area (Å²) in [6, 6.07) is 6.49. The number of hydrogen-bond donors (Lipinski definition) is 1. The number of carbonyl (C=O) groups is 1. The molecule has 0 atom stereocenters. The number of nitrogens with zero attached hydrogens (tertiary/aromatic N) is 3. The number of aromatic nitrogens is 2. The second-order valence-electron chi connectivity index (χ2n) is 5.22. The number of nitrogens with one attached hydrogen (secondary N) is 1. The van der Waals surface area contributed by atoms with E-state index in [2.05, 4.69) is 37.7 Å². The fourth-order valence-electron chi connectivity index (χ4n) is 2.55. The second kappa shape index (κ2) is 6.64. The van der Waals surface area contributed by atoms with E-state index in [0.717, 1.165) is 28.0 Å². The second-order valence-corrected chi connectivity index (χ2v) is 6.38. The van der Waals surface area contributed by atoms with Crippen LogP contribution >= 0.6 is 22.6 Å². The molecule has 3 rings (SSSR count). The van der Waals surface area contributed by atoms with Crippen molar-refractivity contribution >= 4 is 34.2 Å². The van der Waals surface area contributed by atoms with Crippen LogP contribution < -0.4 is 4.90 Å². The van der Waals surface area contributed by atoms with Gasteiger partial charge in [-0.2, -0.15) is 5.10 Å². The van der Waals surface area contributed by atoms with Gasteiger partial charge in [0.1, 0.15) is 5.82 Å². The smallest absolute Gasteiger partial charge is 0.228 e. The van der Waals surface area contributed by atoms with Gasteiger partial charge in [0.25, 0.3) is 0 Å². The molecule has 116 valence electrons. The first-order chi connectivity index (χ1) is 10.6. The van der Waals surface area contributed by atoms with Gasteiger partial charge in [-0.1, -0.05) is 0 Å². The summed E-state index contributed by atoms with van der Waals surface area (Å²) in [4.78, 5) is 16.4. The van der Waals surface area contributed by atoms with E-state index < -0.39 is 0 Å². The zero-order valence-electron chi connectivity index (χ0n) is 11.9. The molecule has 0 spiro atoms. The van der Waals surface area contributed by atoms with E-state index in [1.807, 2.05) is 4.90 Å². The summed E-state index contributed by atoms with van der Waals surface area (Å²) < 4.78 is 13.9. The van der Waals surface area contributed by atoms with Crippen LogP contribution in [0.15, 0.2) is 30.5 Å². The van der Waals surface area contributed by atoms with Gasteiger partial charge in [0.05, 0.1) is 21.9 Å². The summed E-state index contributed by atoms with van der Waals surface area (Å²) in [5, 5.41) is 6.80. The van der Waals surface area contributed by atoms with E-state index in [9.17, 15) is 9.18 Å². The molecular formula is C15H16FIN4O. The maximum atomic E-state index is 13.0. The molecule has 2 heterocycles. The van der Waals surface area contributed by atoms with Crippen molar-refractivity contribution in [3.63, 3.8) is 0 Å². The van der Waals surface area contributed by atoms with Crippen molar-refractivity contribution in [2.45, 2.75) is 6.42 Å². The molecule has 1 aromatic heterocycles. The molecule has 5 nitrogen and oxygen atoms in total. The van der Waals surface area contributed by atoms with Gasteiger partial charge in [0.15, 0.2) is 0 Å². The van der Waals surface area contributed by atoms with Crippen LogP contribution in [0.3, 0.4) is 0 Å². The molecule has 1 N–H and O–H groups in total.